The van der Waals surface area contributed by atoms with Gasteiger partial charge in [-0.05, 0) is 79.9 Å². The third-order valence-electron chi connectivity index (χ3n) is 11.7. The molecule has 4 aromatic rings. The molecule has 5 aliphatic heterocycles. The first-order valence-corrected chi connectivity index (χ1v) is 19.9. The molecule has 6 atom stereocenters. The lowest BCUT2D eigenvalue weighted by atomic mass is 9.91. The van der Waals surface area contributed by atoms with Crippen LogP contribution in [-0.4, -0.2) is 91.3 Å². The topological polar surface area (TPSA) is 108 Å². The van der Waals surface area contributed by atoms with Crippen molar-refractivity contribution in [3.8, 4) is 35.2 Å². The summed E-state index contributed by atoms with van der Waals surface area (Å²) in [5.74, 6) is 3.19. The van der Waals surface area contributed by atoms with E-state index in [-0.39, 0.29) is 55.0 Å². The van der Waals surface area contributed by atoms with Crippen molar-refractivity contribution in [1.82, 2.24) is 20.2 Å². The summed E-state index contributed by atoms with van der Waals surface area (Å²) in [6.45, 7) is 4.16. The van der Waals surface area contributed by atoms with Crippen molar-refractivity contribution in [2.45, 2.75) is 75.5 Å². The van der Waals surface area contributed by atoms with Crippen LogP contribution < -0.4 is 19.7 Å². The van der Waals surface area contributed by atoms with Crippen LogP contribution in [0.3, 0.4) is 0 Å². The Hall–Kier alpha value is -3.89. The van der Waals surface area contributed by atoms with E-state index in [1.54, 1.807) is 19.1 Å². The first-order chi connectivity index (χ1) is 25.7. The average molecular weight is 746 g/mol. The maximum absolute atomic E-state index is 17.6. The third kappa shape index (κ3) is 5.95. The summed E-state index contributed by atoms with van der Waals surface area (Å²) in [4.78, 5) is 14.1. The van der Waals surface area contributed by atoms with Crippen molar-refractivity contribution in [1.29, 1.82) is 0 Å². The summed E-state index contributed by atoms with van der Waals surface area (Å²) < 4.78 is 74.2. The number of hydrogen-bond donors (Lipinski definition) is 1. The number of hydrogen-bond acceptors (Lipinski definition) is 11. The number of aromatic nitrogens is 2. The van der Waals surface area contributed by atoms with Crippen LogP contribution in [0.1, 0.15) is 50.2 Å². The molecule has 0 spiro atoms. The zero-order valence-electron chi connectivity index (χ0n) is 29.8. The van der Waals surface area contributed by atoms with Crippen LogP contribution in [0, 0.1) is 18.2 Å². The third-order valence-corrected chi connectivity index (χ3v) is 13.2. The summed E-state index contributed by atoms with van der Waals surface area (Å²) in [6, 6.07) is 11.3. The average Bonchev–Trinajstić information content (AvgIpc) is 3.80. The Morgan fingerprint density at radius 1 is 1.15 bits per heavy atom. The van der Waals surface area contributed by atoms with Gasteiger partial charge in [0.1, 0.15) is 36.5 Å². The SMILES string of the molecule is C#Cc1cccc2cc(COP(=O)(OC)OCC)cc(-c3cc4c5c(nc(OC[C@@]67CCCN6C[C@H](F)C7)nc5c3F)N3C[C@H]5CC[C@H](N5)[C@H]3CO4)c12. The normalized spacial score (nSPS) is 27.3. The number of nitrogens with one attached hydrogen (secondary N) is 1. The molecule has 0 saturated carbocycles. The first kappa shape index (κ1) is 34.9. The molecule has 2 bridgehead atoms. The minimum Gasteiger partial charge on any atom is -0.491 e. The fourth-order valence-corrected chi connectivity index (χ4v) is 10.2. The van der Waals surface area contributed by atoms with E-state index in [0.29, 0.717) is 65.1 Å². The van der Waals surface area contributed by atoms with Crippen molar-refractivity contribution in [2.24, 2.45) is 0 Å². The van der Waals surface area contributed by atoms with Gasteiger partial charge in [-0.2, -0.15) is 9.97 Å². The summed E-state index contributed by atoms with van der Waals surface area (Å²) in [6.07, 6.45) is 9.31. The molecule has 4 saturated heterocycles. The largest absolute Gasteiger partial charge is 0.491 e. The van der Waals surface area contributed by atoms with Gasteiger partial charge in [0.25, 0.3) is 0 Å². The van der Waals surface area contributed by atoms with Crippen LogP contribution >= 0.6 is 7.82 Å². The number of fused-ring (bicyclic) bond motifs is 7. The number of piperazine rings is 1. The van der Waals surface area contributed by atoms with Gasteiger partial charge < -0.3 is 19.7 Å². The Labute approximate surface area is 306 Å². The fourth-order valence-electron chi connectivity index (χ4n) is 9.31. The van der Waals surface area contributed by atoms with Crippen molar-refractivity contribution in [3.63, 3.8) is 0 Å². The molecule has 4 fully saturated rings. The minimum absolute atomic E-state index is 0.0409. The number of halogens is 2. The van der Waals surface area contributed by atoms with Gasteiger partial charge in [0, 0.05) is 55.2 Å². The molecule has 9 rings (SSSR count). The zero-order chi connectivity index (χ0) is 36.5. The van der Waals surface area contributed by atoms with Crippen LogP contribution in [0.25, 0.3) is 32.8 Å². The summed E-state index contributed by atoms with van der Waals surface area (Å²) in [5, 5.41) is 5.60. The van der Waals surface area contributed by atoms with Crippen LogP contribution in [0.2, 0.25) is 0 Å². The predicted molar refractivity (Wildman–Crippen MR) is 197 cm³/mol. The second kappa shape index (κ2) is 13.4. The summed E-state index contributed by atoms with van der Waals surface area (Å²) in [7, 11) is -2.56. The van der Waals surface area contributed by atoms with Gasteiger partial charge in [-0.25, -0.2) is 13.3 Å². The molecular formula is C39H42F2N5O6P. The zero-order valence-corrected chi connectivity index (χ0v) is 30.7. The van der Waals surface area contributed by atoms with Crippen molar-refractivity contribution in [3.05, 3.63) is 53.3 Å². The summed E-state index contributed by atoms with van der Waals surface area (Å²) in [5.41, 5.74) is 1.51. The van der Waals surface area contributed by atoms with Gasteiger partial charge in [0.05, 0.1) is 30.2 Å². The van der Waals surface area contributed by atoms with Gasteiger partial charge in [-0.3, -0.25) is 18.5 Å². The second-order valence-electron chi connectivity index (χ2n) is 14.7. The lowest BCUT2D eigenvalue weighted by Crippen LogP contribution is -2.60. The maximum Gasteiger partial charge on any atom is 0.474 e. The fraction of sp³-hybridized carbons (Fsp3) is 0.487. The Kier molecular flexibility index (Phi) is 8.84. The van der Waals surface area contributed by atoms with E-state index in [1.807, 2.05) is 24.3 Å². The molecule has 0 radical (unpaired) electrons. The summed E-state index contributed by atoms with van der Waals surface area (Å²) >= 11 is 0. The number of benzene rings is 3. The number of phosphoric acid groups is 1. The van der Waals surface area contributed by atoms with Gasteiger partial charge in [-0.1, -0.05) is 18.1 Å². The van der Waals surface area contributed by atoms with Crippen LogP contribution in [0.15, 0.2) is 36.4 Å². The smallest absolute Gasteiger partial charge is 0.474 e. The highest BCUT2D eigenvalue weighted by Gasteiger charge is 2.50. The molecule has 1 unspecified atom stereocenters. The number of ether oxygens (including phenoxy) is 2. The van der Waals surface area contributed by atoms with Crippen LogP contribution in [0.5, 0.6) is 11.8 Å². The van der Waals surface area contributed by atoms with Crippen molar-refractivity contribution in [2.75, 3.05) is 51.5 Å². The number of rotatable bonds is 10. The molecule has 0 aliphatic carbocycles. The molecule has 6 heterocycles. The highest BCUT2D eigenvalue weighted by Crippen LogP contribution is 2.50. The van der Waals surface area contributed by atoms with E-state index in [9.17, 15) is 8.96 Å². The molecule has 1 N–H and O–H groups in total. The van der Waals surface area contributed by atoms with E-state index in [0.717, 1.165) is 37.6 Å². The van der Waals surface area contributed by atoms with E-state index in [1.165, 1.54) is 7.11 Å². The Bertz CT molecular complexity index is 2200. The van der Waals surface area contributed by atoms with E-state index >= 15 is 4.39 Å². The number of phosphoric ester groups is 1. The first-order valence-electron chi connectivity index (χ1n) is 18.4. The number of anilines is 1. The van der Waals surface area contributed by atoms with Gasteiger partial charge in [-0.15, -0.1) is 6.42 Å². The lowest BCUT2D eigenvalue weighted by Gasteiger charge is -2.40. The van der Waals surface area contributed by atoms with Crippen molar-refractivity contribution < 1.29 is 36.4 Å². The highest BCUT2D eigenvalue weighted by atomic mass is 31.2. The van der Waals surface area contributed by atoms with Gasteiger partial charge in [0.15, 0.2) is 5.82 Å². The molecule has 0 amide bonds. The molecule has 14 heteroatoms. The molecule has 3 aromatic carbocycles. The predicted octanol–water partition coefficient (Wildman–Crippen LogP) is 6.53. The molecule has 5 aliphatic rings. The monoisotopic (exact) mass is 745 g/mol. The molecule has 278 valence electrons. The van der Waals surface area contributed by atoms with E-state index in [4.69, 9.17) is 39.4 Å². The van der Waals surface area contributed by atoms with E-state index < -0.39 is 25.4 Å². The second-order valence-corrected chi connectivity index (χ2v) is 16.5. The molecule has 11 nitrogen and oxygen atoms in total. The standard InChI is InChI=1S/C39H42F2N5O6P/c1-4-24-8-6-9-25-14-23(20-52-53(47,48-3)51-5-2)15-28(33(24)25)29-16-32-34-36(35(29)41)43-38(50-22-39-12-7-13-45(39)18-26(40)17-39)44-37(34)46-19-27-10-11-30(42-27)31(46)21-49-32/h1,6,8-9,14-16,26-27,30-31,42H,5,7,10-13,17-22H2,2-3H3/t26-,27-,30+,31-,39+,53?/m1/s1. The van der Waals surface area contributed by atoms with Crippen LogP contribution in [-0.2, 0) is 24.7 Å². The number of terminal acetylenes is 1. The lowest BCUT2D eigenvalue weighted by molar-refractivity contribution is 0.107. The Morgan fingerprint density at radius 3 is 2.87 bits per heavy atom. The maximum atomic E-state index is 17.6. The number of alkyl halides is 1. The quantitative estimate of drug-likeness (QED) is 0.141. The Balaban J connectivity index is 1.20. The molecule has 1 aromatic heterocycles. The van der Waals surface area contributed by atoms with Gasteiger partial charge in [0.2, 0.25) is 0 Å². The molecule has 53 heavy (non-hydrogen) atoms. The van der Waals surface area contributed by atoms with Crippen LogP contribution in [0.4, 0.5) is 14.6 Å². The number of nitrogens with zero attached hydrogens (tertiary/aromatic N) is 4. The molecular weight excluding hydrogens is 703 g/mol. The van der Waals surface area contributed by atoms with Gasteiger partial charge >= 0.3 is 13.8 Å². The van der Waals surface area contributed by atoms with Crippen molar-refractivity contribution >= 4 is 35.3 Å². The highest BCUT2D eigenvalue weighted by molar-refractivity contribution is 7.48. The minimum atomic E-state index is -3.83. The Morgan fingerprint density at radius 2 is 2.04 bits per heavy atom. The van der Waals surface area contributed by atoms with E-state index in [2.05, 4.69) is 21.0 Å².